The number of rotatable bonds is 7. The van der Waals surface area contributed by atoms with Crippen LogP contribution in [0.4, 0.5) is 11.5 Å². The summed E-state index contributed by atoms with van der Waals surface area (Å²) in [7, 11) is 1.95. The summed E-state index contributed by atoms with van der Waals surface area (Å²) < 4.78 is 9.94. The molecule has 9 heteroatoms. The number of nitrogens with one attached hydrogen (secondary N) is 1. The molecule has 1 amide bonds. The first-order valence-electron chi connectivity index (χ1n) is 12.6. The third-order valence-corrected chi connectivity index (χ3v) is 6.54. The van der Waals surface area contributed by atoms with E-state index in [2.05, 4.69) is 26.5 Å². The first-order chi connectivity index (χ1) is 18.5. The number of likely N-dealkylation sites (tertiary alicyclic amines) is 1. The smallest absolute Gasteiger partial charge is 0.246 e. The van der Waals surface area contributed by atoms with E-state index in [-0.39, 0.29) is 11.8 Å². The molecule has 5 rings (SSSR count). The van der Waals surface area contributed by atoms with Crippen LogP contribution < -0.4 is 15.5 Å². The number of anilines is 2. The number of hydrogen-bond acceptors (Lipinski definition) is 6. The standard InChI is InChI=1S/C29H31N7O2/c1-5-7-27(37)35-17-21(18-35)24-11-14-36-28(24)29(31-19-32-36)33-22-8-9-25(20(3)15-22)38-23-10-13-34(4)26(16-23)30-12-6-2/h5-16,19,21H,17-18H2,1-4H3,(H,31,32,33)/b7-5+,12-6-,30-26?. The van der Waals surface area contributed by atoms with Crippen molar-refractivity contribution in [3.05, 3.63) is 96.2 Å². The lowest BCUT2D eigenvalue weighted by molar-refractivity contribution is -0.130. The molecule has 1 saturated heterocycles. The van der Waals surface area contributed by atoms with Crippen LogP contribution in [0.15, 0.2) is 84.5 Å². The van der Waals surface area contributed by atoms with E-state index in [1.165, 1.54) is 6.33 Å². The highest BCUT2D eigenvalue weighted by Gasteiger charge is 2.33. The summed E-state index contributed by atoms with van der Waals surface area (Å²) in [4.78, 5) is 23.0. The summed E-state index contributed by atoms with van der Waals surface area (Å²) in [5, 5.41) is 7.84. The molecule has 0 spiro atoms. The fourth-order valence-corrected chi connectivity index (χ4v) is 4.49. The topological polar surface area (TPSA) is 89.1 Å². The number of aryl methyl sites for hydroxylation is 2. The molecule has 4 aromatic rings. The first-order valence-corrected chi connectivity index (χ1v) is 12.6. The normalized spacial score (nSPS) is 14.5. The zero-order valence-corrected chi connectivity index (χ0v) is 22.0. The average molecular weight is 510 g/mol. The van der Waals surface area contributed by atoms with Gasteiger partial charge in [0, 0.05) is 56.4 Å². The predicted molar refractivity (Wildman–Crippen MR) is 147 cm³/mol. The minimum absolute atomic E-state index is 0.0486. The lowest BCUT2D eigenvalue weighted by Gasteiger charge is -2.38. The Kier molecular flexibility index (Phi) is 7.08. The monoisotopic (exact) mass is 509 g/mol. The van der Waals surface area contributed by atoms with Crippen LogP contribution in [0.1, 0.15) is 30.9 Å². The van der Waals surface area contributed by atoms with Crippen molar-refractivity contribution < 1.29 is 9.53 Å². The molecule has 0 aliphatic carbocycles. The second-order valence-corrected chi connectivity index (χ2v) is 9.26. The van der Waals surface area contributed by atoms with Crippen molar-refractivity contribution in [2.45, 2.75) is 26.7 Å². The number of nitrogens with zero attached hydrogens (tertiary/aromatic N) is 6. The number of hydrogen-bond donors (Lipinski definition) is 1. The van der Waals surface area contributed by atoms with E-state index < -0.39 is 0 Å². The third-order valence-electron chi connectivity index (χ3n) is 6.54. The number of carbonyl (C=O) groups is 1. The maximum Gasteiger partial charge on any atom is 0.246 e. The van der Waals surface area contributed by atoms with Crippen LogP contribution >= 0.6 is 0 Å². The summed E-state index contributed by atoms with van der Waals surface area (Å²) in [6, 6.07) is 11.8. The van der Waals surface area contributed by atoms with Gasteiger partial charge in [-0.2, -0.15) is 5.10 Å². The molecule has 1 aromatic carbocycles. The maximum atomic E-state index is 12.1. The quantitative estimate of drug-likeness (QED) is 0.360. The molecule has 1 fully saturated rings. The van der Waals surface area contributed by atoms with E-state index in [9.17, 15) is 4.79 Å². The number of benzene rings is 1. The van der Waals surface area contributed by atoms with Gasteiger partial charge in [0.25, 0.3) is 0 Å². The molecule has 0 saturated carbocycles. The Bertz CT molecular complexity index is 1610. The predicted octanol–water partition coefficient (Wildman–Crippen LogP) is 4.85. The summed E-state index contributed by atoms with van der Waals surface area (Å²) >= 11 is 0. The molecule has 4 heterocycles. The van der Waals surface area contributed by atoms with Crippen LogP contribution in [0.3, 0.4) is 0 Å². The fourth-order valence-electron chi connectivity index (χ4n) is 4.49. The number of pyridine rings is 1. The SMILES string of the molecule is C/C=C\N=c1cc(Oc2ccc(Nc3ncnn4ccc(C5CN(C(=O)/C=C/C)C5)c34)cc2C)ccn1C. The van der Waals surface area contributed by atoms with Crippen LogP contribution in [0.2, 0.25) is 0 Å². The lowest BCUT2D eigenvalue weighted by Crippen LogP contribution is -2.47. The fraction of sp³-hybridized carbons (Fsp3) is 0.241. The Morgan fingerprint density at radius 3 is 2.74 bits per heavy atom. The van der Waals surface area contributed by atoms with Crippen molar-refractivity contribution in [3.8, 4) is 11.5 Å². The average Bonchev–Trinajstić information content (AvgIpc) is 3.30. The van der Waals surface area contributed by atoms with Gasteiger partial charge < -0.3 is 19.5 Å². The zero-order chi connectivity index (χ0) is 26.6. The Labute approximate surface area is 221 Å². The van der Waals surface area contributed by atoms with Gasteiger partial charge in [0.05, 0.1) is 0 Å². The highest BCUT2D eigenvalue weighted by atomic mass is 16.5. The van der Waals surface area contributed by atoms with E-state index >= 15 is 0 Å². The van der Waals surface area contributed by atoms with E-state index in [1.807, 2.05) is 90.6 Å². The van der Waals surface area contributed by atoms with Crippen LogP contribution in [0.25, 0.3) is 5.52 Å². The van der Waals surface area contributed by atoms with E-state index in [4.69, 9.17) is 4.74 Å². The number of fused-ring (bicyclic) bond motifs is 1. The minimum atomic E-state index is 0.0486. The molecule has 1 N–H and O–H groups in total. The molecular formula is C29H31N7O2. The molecule has 0 unspecified atom stereocenters. The Hall–Kier alpha value is -4.66. The lowest BCUT2D eigenvalue weighted by atomic mass is 9.92. The summed E-state index contributed by atoms with van der Waals surface area (Å²) in [5.41, 5.74) is 4.72. The summed E-state index contributed by atoms with van der Waals surface area (Å²) in [5.74, 6) is 2.49. The first kappa shape index (κ1) is 25.0. The summed E-state index contributed by atoms with van der Waals surface area (Å²) in [6.07, 6.45) is 12.4. The Morgan fingerprint density at radius 1 is 1.13 bits per heavy atom. The highest BCUT2D eigenvalue weighted by Crippen LogP contribution is 2.34. The number of allylic oxidation sites excluding steroid dienone is 2. The van der Waals surface area contributed by atoms with Gasteiger partial charge in [0.1, 0.15) is 28.8 Å². The Morgan fingerprint density at radius 2 is 1.97 bits per heavy atom. The molecule has 0 bridgehead atoms. The molecular weight excluding hydrogens is 478 g/mol. The van der Waals surface area contributed by atoms with Crippen LogP contribution in [-0.4, -0.2) is 43.1 Å². The number of amides is 1. The molecule has 3 aromatic heterocycles. The number of aromatic nitrogens is 4. The van der Waals surface area contributed by atoms with Crippen LogP contribution in [0, 0.1) is 6.92 Å². The zero-order valence-electron chi connectivity index (χ0n) is 22.0. The molecule has 194 valence electrons. The second kappa shape index (κ2) is 10.8. The van der Waals surface area contributed by atoms with Crippen LogP contribution in [0.5, 0.6) is 11.5 Å². The van der Waals surface area contributed by atoms with Gasteiger partial charge >= 0.3 is 0 Å². The van der Waals surface area contributed by atoms with Crippen molar-refractivity contribution in [1.29, 1.82) is 0 Å². The molecule has 9 nitrogen and oxygen atoms in total. The highest BCUT2D eigenvalue weighted by molar-refractivity contribution is 5.88. The number of ether oxygens (including phenoxy) is 1. The Balaban J connectivity index is 1.35. The van der Waals surface area contributed by atoms with Gasteiger partial charge in [-0.3, -0.25) is 4.79 Å². The van der Waals surface area contributed by atoms with Gasteiger partial charge in [0.15, 0.2) is 5.82 Å². The molecule has 0 radical (unpaired) electrons. The van der Waals surface area contributed by atoms with Gasteiger partial charge in [-0.05, 0) is 68.3 Å². The van der Waals surface area contributed by atoms with Gasteiger partial charge in [-0.25, -0.2) is 14.5 Å². The largest absolute Gasteiger partial charge is 0.457 e. The van der Waals surface area contributed by atoms with E-state index in [0.717, 1.165) is 39.4 Å². The second-order valence-electron chi connectivity index (χ2n) is 9.26. The molecule has 38 heavy (non-hydrogen) atoms. The van der Waals surface area contributed by atoms with E-state index in [0.29, 0.717) is 18.8 Å². The van der Waals surface area contributed by atoms with Crippen LogP contribution in [-0.2, 0) is 11.8 Å². The van der Waals surface area contributed by atoms with E-state index in [1.54, 1.807) is 18.4 Å². The molecule has 1 aliphatic heterocycles. The van der Waals surface area contributed by atoms with Crippen molar-refractivity contribution in [3.63, 3.8) is 0 Å². The van der Waals surface area contributed by atoms with Crippen molar-refractivity contribution in [2.24, 2.45) is 12.0 Å². The molecule has 0 atom stereocenters. The molecule has 1 aliphatic rings. The van der Waals surface area contributed by atoms with Gasteiger partial charge in [-0.15, -0.1) is 0 Å². The maximum absolute atomic E-state index is 12.1. The van der Waals surface area contributed by atoms with Crippen molar-refractivity contribution in [1.82, 2.24) is 24.1 Å². The third kappa shape index (κ3) is 5.08. The van der Waals surface area contributed by atoms with Crippen molar-refractivity contribution >= 4 is 22.9 Å². The summed E-state index contributed by atoms with van der Waals surface area (Å²) in [6.45, 7) is 7.17. The van der Waals surface area contributed by atoms with Crippen molar-refractivity contribution in [2.75, 3.05) is 18.4 Å². The number of carbonyl (C=O) groups excluding carboxylic acids is 1. The van der Waals surface area contributed by atoms with Gasteiger partial charge in [-0.1, -0.05) is 12.2 Å². The van der Waals surface area contributed by atoms with Gasteiger partial charge in [0.2, 0.25) is 5.91 Å². The minimum Gasteiger partial charge on any atom is -0.457 e.